The maximum absolute atomic E-state index is 5.45. The van der Waals surface area contributed by atoms with Crippen LogP contribution in [0, 0.1) is 0 Å². The smallest absolute Gasteiger partial charge is 0.231 e. The zero-order chi connectivity index (χ0) is 17.1. The van der Waals surface area contributed by atoms with E-state index < -0.39 is 0 Å². The summed E-state index contributed by atoms with van der Waals surface area (Å²) in [4.78, 5) is 9.57. The predicted octanol–water partition coefficient (Wildman–Crippen LogP) is 2.30. The van der Waals surface area contributed by atoms with Gasteiger partial charge in [-0.3, -0.25) is 9.80 Å². The van der Waals surface area contributed by atoms with Crippen LogP contribution >= 0.6 is 11.3 Å². The molecule has 1 saturated heterocycles. The molecule has 2 aliphatic heterocycles. The Morgan fingerprint density at radius 1 is 1.20 bits per heavy atom. The van der Waals surface area contributed by atoms with Crippen molar-refractivity contribution in [3.8, 4) is 22.1 Å². The van der Waals surface area contributed by atoms with E-state index in [4.69, 9.17) is 19.2 Å². The summed E-state index contributed by atoms with van der Waals surface area (Å²) < 4.78 is 16.2. The van der Waals surface area contributed by atoms with Crippen LogP contribution in [0.15, 0.2) is 23.6 Å². The summed E-state index contributed by atoms with van der Waals surface area (Å²) >= 11 is 1.68. The van der Waals surface area contributed by atoms with Gasteiger partial charge in [0, 0.05) is 43.7 Å². The van der Waals surface area contributed by atoms with Crippen molar-refractivity contribution in [3.05, 3.63) is 29.3 Å². The van der Waals surface area contributed by atoms with Crippen LogP contribution in [0.25, 0.3) is 10.6 Å². The fourth-order valence-electron chi connectivity index (χ4n) is 3.03. The molecule has 4 rings (SSSR count). The molecule has 7 heteroatoms. The molecule has 0 unspecified atom stereocenters. The van der Waals surface area contributed by atoms with Crippen LogP contribution in [0.1, 0.15) is 5.69 Å². The first-order valence-corrected chi connectivity index (χ1v) is 9.49. The summed E-state index contributed by atoms with van der Waals surface area (Å²) in [6, 6.07) is 6.00. The summed E-state index contributed by atoms with van der Waals surface area (Å²) in [6.07, 6.45) is 0. The molecule has 0 atom stereocenters. The van der Waals surface area contributed by atoms with Gasteiger partial charge in [-0.1, -0.05) is 0 Å². The molecule has 134 valence electrons. The summed E-state index contributed by atoms with van der Waals surface area (Å²) in [5.74, 6) is 1.61. The van der Waals surface area contributed by atoms with Crippen molar-refractivity contribution < 1.29 is 14.2 Å². The highest BCUT2D eigenvalue weighted by Gasteiger charge is 2.16. The minimum atomic E-state index is 0.301. The number of hydrogen-bond donors (Lipinski definition) is 0. The Morgan fingerprint density at radius 2 is 2.04 bits per heavy atom. The highest BCUT2D eigenvalue weighted by molar-refractivity contribution is 7.13. The Labute approximate surface area is 151 Å². The molecule has 1 fully saturated rings. The first-order valence-electron chi connectivity index (χ1n) is 8.61. The fourth-order valence-corrected chi connectivity index (χ4v) is 3.84. The maximum Gasteiger partial charge on any atom is 0.231 e. The van der Waals surface area contributed by atoms with Crippen molar-refractivity contribution in [1.82, 2.24) is 14.8 Å². The lowest BCUT2D eigenvalue weighted by atomic mass is 10.2. The largest absolute Gasteiger partial charge is 0.454 e. The van der Waals surface area contributed by atoms with Crippen LogP contribution in [0.5, 0.6) is 11.5 Å². The van der Waals surface area contributed by atoms with E-state index in [0.29, 0.717) is 6.79 Å². The van der Waals surface area contributed by atoms with Crippen molar-refractivity contribution in [2.45, 2.75) is 6.54 Å². The molecule has 6 nitrogen and oxygen atoms in total. The molecule has 2 aromatic rings. The van der Waals surface area contributed by atoms with Gasteiger partial charge in [-0.25, -0.2) is 4.98 Å². The van der Waals surface area contributed by atoms with Gasteiger partial charge in [0.1, 0.15) is 5.01 Å². The van der Waals surface area contributed by atoms with Crippen molar-refractivity contribution in [3.63, 3.8) is 0 Å². The molecule has 1 aromatic carbocycles. The molecule has 0 saturated carbocycles. The van der Waals surface area contributed by atoms with Gasteiger partial charge in [0.15, 0.2) is 11.5 Å². The molecule has 1 aromatic heterocycles. The number of benzene rings is 1. The number of fused-ring (bicyclic) bond motifs is 1. The second-order valence-electron chi connectivity index (χ2n) is 6.40. The number of aromatic nitrogens is 1. The standard InChI is InChI=1S/C18H23N3O3S/c1-20(4-5-21-6-8-22-9-7-21)11-15-12-25-18(19-15)14-2-3-16-17(10-14)24-13-23-16/h2-3,10,12H,4-9,11,13H2,1H3. The summed E-state index contributed by atoms with van der Waals surface area (Å²) in [7, 11) is 2.15. The van der Waals surface area contributed by atoms with Crippen molar-refractivity contribution in [2.75, 3.05) is 53.2 Å². The predicted molar refractivity (Wildman–Crippen MR) is 97.3 cm³/mol. The Kier molecular flexibility index (Phi) is 5.17. The zero-order valence-electron chi connectivity index (χ0n) is 14.4. The molecule has 0 aliphatic carbocycles. The average Bonchev–Trinajstić information content (AvgIpc) is 3.29. The minimum absolute atomic E-state index is 0.301. The number of ether oxygens (including phenoxy) is 3. The van der Waals surface area contributed by atoms with Gasteiger partial charge in [0.2, 0.25) is 6.79 Å². The average molecular weight is 361 g/mol. The van der Waals surface area contributed by atoms with Crippen LogP contribution in [-0.2, 0) is 11.3 Å². The molecule has 0 amide bonds. The molecule has 0 N–H and O–H groups in total. The number of hydrogen-bond acceptors (Lipinski definition) is 7. The molecule has 0 spiro atoms. The third-order valence-corrected chi connectivity index (χ3v) is 5.45. The molecule has 3 heterocycles. The van der Waals surface area contributed by atoms with Crippen LogP contribution in [-0.4, -0.2) is 68.0 Å². The minimum Gasteiger partial charge on any atom is -0.454 e. The molecular formula is C18H23N3O3S. The Balaban J connectivity index is 1.33. The van der Waals surface area contributed by atoms with Gasteiger partial charge < -0.3 is 14.2 Å². The van der Waals surface area contributed by atoms with Crippen LogP contribution in [0.3, 0.4) is 0 Å². The topological polar surface area (TPSA) is 47.1 Å². The van der Waals surface area contributed by atoms with Gasteiger partial charge in [0.25, 0.3) is 0 Å². The first kappa shape index (κ1) is 16.8. The van der Waals surface area contributed by atoms with Crippen molar-refractivity contribution in [1.29, 1.82) is 0 Å². The molecular weight excluding hydrogens is 338 g/mol. The number of morpholine rings is 1. The number of thiazole rings is 1. The normalized spacial score (nSPS) is 17.4. The first-order chi connectivity index (χ1) is 12.3. The van der Waals surface area contributed by atoms with Crippen molar-refractivity contribution in [2.24, 2.45) is 0 Å². The van der Waals surface area contributed by atoms with E-state index in [1.54, 1.807) is 11.3 Å². The molecule has 25 heavy (non-hydrogen) atoms. The van der Waals surface area contributed by atoms with Crippen LogP contribution in [0.4, 0.5) is 0 Å². The van der Waals surface area contributed by atoms with Gasteiger partial charge in [-0.2, -0.15) is 0 Å². The summed E-state index contributed by atoms with van der Waals surface area (Å²) in [5.41, 5.74) is 2.19. The Morgan fingerprint density at radius 3 is 2.92 bits per heavy atom. The SMILES string of the molecule is CN(CCN1CCOCC1)Cc1csc(-c2ccc3c(c2)OCO3)n1. The monoisotopic (exact) mass is 361 g/mol. The van der Waals surface area contributed by atoms with E-state index in [0.717, 1.165) is 73.7 Å². The summed E-state index contributed by atoms with van der Waals surface area (Å²) in [6.45, 7) is 7.08. The van der Waals surface area contributed by atoms with Crippen molar-refractivity contribution >= 4 is 11.3 Å². The van der Waals surface area contributed by atoms with Gasteiger partial charge in [-0.15, -0.1) is 11.3 Å². The number of likely N-dealkylation sites (N-methyl/N-ethyl adjacent to an activating group) is 1. The molecule has 0 bridgehead atoms. The van der Waals surface area contributed by atoms with E-state index in [1.807, 2.05) is 18.2 Å². The van der Waals surface area contributed by atoms with E-state index in [-0.39, 0.29) is 0 Å². The van der Waals surface area contributed by atoms with Crippen LogP contribution < -0.4 is 9.47 Å². The van der Waals surface area contributed by atoms with Gasteiger partial charge >= 0.3 is 0 Å². The third-order valence-electron chi connectivity index (χ3n) is 4.50. The number of nitrogens with zero attached hydrogens (tertiary/aromatic N) is 3. The van der Waals surface area contributed by atoms with E-state index in [9.17, 15) is 0 Å². The zero-order valence-corrected chi connectivity index (χ0v) is 15.3. The third kappa shape index (κ3) is 4.12. The van der Waals surface area contributed by atoms with Crippen LogP contribution in [0.2, 0.25) is 0 Å². The quantitative estimate of drug-likeness (QED) is 0.787. The molecule has 0 radical (unpaired) electrons. The Hall–Kier alpha value is -1.67. The maximum atomic E-state index is 5.45. The van der Waals surface area contributed by atoms with E-state index >= 15 is 0 Å². The van der Waals surface area contributed by atoms with Gasteiger partial charge in [0.05, 0.1) is 18.9 Å². The summed E-state index contributed by atoms with van der Waals surface area (Å²) in [5, 5.41) is 3.17. The lowest BCUT2D eigenvalue weighted by Gasteiger charge is -2.28. The lowest BCUT2D eigenvalue weighted by Crippen LogP contribution is -2.40. The second kappa shape index (κ2) is 7.70. The van der Waals surface area contributed by atoms with Gasteiger partial charge in [-0.05, 0) is 25.2 Å². The highest BCUT2D eigenvalue weighted by atomic mass is 32.1. The highest BCUT2D eigenvalue weighted by Crippen LogP contribution is 2.36. The van der Waals surface area contributed by atoms with E-state index in [1.165, 1.54) is 0 Å². The molecule has 2 aliphatic rings. The lowest BCUT2D eigenvalue weighted by molar-refractivity contribution is 0.0341. The second-order valence-corrected chi connectivity index (χ2v) is 7.26. The van der Waals surface area contributed by atoms with E-state index in [2.05, 4.69) is 22.2 Å². The Bertz CT molecular complexity index is 715. The fraction of sp³-hybridized carbons (Fsp3) is 0.500. The number of rotatable bonds is 6.